The molecule has 1 aliphatic heterocycles. The van der Waals surface area contributed by atoms with E-state index in [9.17, 15) is 9.59 Å². The molecule has 0 aromatic carbocycles. The summed E-state index contributed by atoms with van der Waals surface area (Å²) in [6, 6.07) is 0. The Morgan fingerprint density at radius 1 is 1.00 bits per heavy atom. The van der Waals surface area contributed by atoms with Gasteiger partial charge in [-0.25, -0.2) is 9.59 Å². The zero-order valence-corrected chi connectivity index (χ0v) is 12.7. The Hall–Kier alpha value is -1.36. The van der Waals surface area contributed by atoms with E-state index in [1.807, 2.05) is 0 Å². The lowest BCUT2D eigenvalue weighted by Crippen LogP contribution is -2.04. The van der Waals surface area contributed by atoms with Gasteiger partial charge in [0, 0.05) is 11.6 Å². The minimum absolute atomic E-state index is 0.0321. The fourth-order valence-electron chi connectivity index (χ4n) is 2.51. The monoisotopic (exact) mass is 298 g/mol. The summed E-state index contributed by atoms with van der Waals surface area (Å²) in [5.74, 6) is -2.35. The molecule has 0 amide bonds. The third kappa shape index (κ3) is 7.85. The molecule has 1 rings (SSSR count). The first-order valence-electron chi connectivity index (χ1n) is 7.86. The number of unbranched alkanes of at least 4 members (excludes halogenated alkanes) is 4. The molecule has 0 aromatic heterocycles. The molecule has 0 bridgehead atoms. The first kappa shape index (κ1) is 17.7. The minimum Gasteiger partial charge on any atom is -0.478 e. The van der Waals surface area contributed by atoms with Gasteiger partial charge in [0.15, 0.2) is 0 Å². The van der Waals surface area contributed by atoms with Crippen molar-refractivity contribution in [3.63, 3.8) is 0 Å². The zero-order chi connectivity index (χ0) is 15.7. The smallest absolute Gasteiger partial charge is 0.331 e. The van der Waals surface area contributed by atoms with Gasteiger partial charge in [0.25, 0.3) is 0 Å². The highest BCUT2D eigenvalue weighted by Gasteiger charge is 2.36. The molecule has 2 atom stereocenters. The summed E-state index contributed by atoms with van der Waals surface area (Å²) in [7, 11) is 0. The highest BCUT2D eigenvalue weighted by molar-refractivity contribution is 5.94. The third-order valence-corrected chi connectivity index (χ3v) is 3.79. The molecule has 0 spiro atoms. The van der Waals surface area contributed by atoms with E-state index in [0.29, 0.717) is 25.0 Å². The second-order valence-electron chi connectivity index (χ2n) is 5.62. The van der Waals surface area contributed by atoms with E-state index in [1.54, 1.807) is 0 Å². The van der Waals surface area contributed by atoms with Gasteiger partial charge in [-0.15, -0.1) is 0 Å². The summed E-state index contributed by atoms with van der Waals surface area (Å²) in [5, 5.41) is 17.5. The van der Waals surface area contributed by atoms with Gasteiger partial charge in [0.1, 0.15) is 0 Å². The van der Waals surface area contributed by atoms with Crippen molar-refractivity contribution in [2.45, 2.75) is 76.9 Å². The van der Waals surface area contributed by atoms with Gasteiger partial charge in [0.05, 0.1) is 12.2 Å². The van der Waals surface area contributed by atoms with Crippen LogP contribution in [-0.4, -0.2) is 34.4 Å². The zero-order valence-electron chi connectivity index (χ0n) is 12.7. The first-order valence-corrected chi connectivity index (χ1v) is 7.86. The van der Waals surface area contributed by atoms with Crippen LogP contribution in [0.2, 0.25) is 0 Å². The molecule has 2 N–H and O–H groups in total. The maximum atomic E-state index is 10.8. The lowest BCUT2D eigenvalue weighted by Gasteiger charge is -2.01. The van der Waals surface area contributed by atoms with E-state index in [1.165, 1.54) is 25.7 Å². The molecule has 0 aliphatic carbocycles. The van der Waals surface area contributed by atoms with Crippen molar-refractivity contribution >= 4 is 11.9 Å². The Morgan fingerprint density at radius 3 is 2.14 bits per heavy atom. The number of aliphatic carboxylic acids is 2. The summed E-state index contributed by atoms with van der Waals surface area (Å²) in [6.45, 7) is 2.20. The van der Waals surface area contributed by atoms with Crippen molar-refractivity contribution in [3.05, 3.63) is 11.6 Å². The molecule has 0 aromatic rings. The quantitative estimate of drug-likeness (QED) is 0.327. The molecule has 1 aliphatic rings. The fraction of sp³-hybridized carbons (Fsp3) is 0.750. The van der Waals surface area contributed by atoms with Crippen molar-refractivity contribution in [3.8, 4) is 0 Å². The molecule has 1 heterocycles. The van der Waals surface area contributed by atoms with Gasteiger partial charge in [-0.05, 0) is 25.7 Å². The van der Waals surface area contributed by atoms with E-state index in [2.05, 4.69) is 6.92 Å². The van der Waals surface area contributed by atoms with Crippen LogP contribution in [0.1, 0.15) is 64.7 Å². The van der Waals surface area contributed by atoms with Crippen molar-refractivity contribution in [2.75, 3.05) is 0 Å². The molecular formula is C16H26O5. The van der Waals surface area contributed by atoms with Crippen LogP contribution >= 0.6 is 0 Å². The summed E-state index contributed by atoms with van der Waals surface area (Å²) in [6.07, 6.45) is 10.5. The Labute approximate surface area is 126 Å². The molecular weight excluding hydrogens is 272 g/mol. The van der Waals surface area contributed by atoms with E-state index in [-0.39, 0.29) is 5.57 Å². The molecule has 120 valence electrons. The number of carboxylic acids is 2. The van der Waals surface area contributed by atoms with Crippen LogP contribution in [-0.2, 0) is 14.3 Å². The highest BCUT2D eigenvalue weighted by atomic mass is 16.6. The van der Waals surface area contributed by atoms with Crippen molar-refractivity contribution in [1.29, 1.82) is 0 Å². The molecule has 1 saturated heterocycles. The number of hydrogen-bond donors (Lipinski definition) is 2. The summed E-state index contributed by atoms with van der Waals surface area (Å²) < 4.78 is 5.59. The topological polar surface area (TPSA) is 87.1 Å². The minimum atomic E-state index is -1.20. The molecule has 0 radical (unpaired) electrons. The molecule has 21 heavy (non-hydrogen) atoms. The molecule has 0 saturated carbocycles. The average Bonchev–Trinajstić information content (AvgIpc) is 3.16. The standard InChI is InChI=1S/C16H26O5/c1-2-3-4-5-9-13-14(21-13)10-7-6-8-12(16(19)20)11-15(17)18/h11,13-14H,2-10H2,1H3,(H,17,18)(H,19,20)/b12-11-. The van der Waals surface area contributed by atoms with Gasteiger partial charge in [-0.1, -0.05) is 39.0 Å². The number of epoxide rings is 1. The van der Waals surface area contributed by atoms with Crippen LogP contribution in [0.4, 0.5) is 0 Å². The lowest BCUT2D eigenvalue weighted by molar-refractivity contribution is -0.135. The van der Waals surface area contributed by atoms with Crippen molar-refractivity contribution in [2.24, 2.45) is 0 Å². The van der Waals surface area contributed by atoms with Crippen molar-refractivity contribution in [1.82, 2.24) is 0 Å². The van der Waals surface area contributed by atoms with Gasteiger partial charge in [-0.2, -0.15) is 0 Å². The SMILES string of the molecule is CCCCCCC1OC1CCCC/C(=C/C(=O)O)C(=O)O. The second kappa shape index (κ2) is 9.55. The maximum Gasteiger partial charge on any atom is 0.331 e. The van der Waals surface area contributed by atoms with Crippen LogP contribution in [0.25, 0.3) is 0 Å². The molecule has 5 nitrogen and oxygen atoms in total. The molecule has 5 heteroatoms. The number of carboxylic acid groups (broad SMARTS) is 2. The Kier molecular flexibility index (Phi) is 8.05. The van der Waals surface area contributed by atoms with Crippen molar-refractivity contribution < 1.29 is 24.5 Å². The van der Waals surface area contributed by atoms with E-state index in [4.69, 9.17) is 14.9 Å². The normalized spacial score (nSPS) is 21.3. The van der Waals surface area contributed by atoms with Gasteiger partial charge >= 0.3 is 11.9 Å². The lowest BCUT2D eigenvalue weighted by atomic mass is 10.0. The van der Waals surface area contributed by atoms with E-state index < -0.39 is 11.9 Å². The van der Waals surface area contributed by atoms with Gasteiger partial charge < -0.3 is 14.9 Å². The van der Waals surface area contributed by atoms with Crippen LogP contribution in [0.5, 0.6) is 0 Å². The molecule has 2 unspecified atom stereocenters. The Bertz CT molecular complexity index is 375. The Morgan fingerprint density at radius 2 is 1.62 bits per heavy atom. The largest absolute Gasteiger partial charge is 0.478 e. The predicted octanol–water partition coefficient (Wildman–Crippen LogP) is 3.38. The number of carbonyl (C=O) groups is 2. The molecule has 1 fully saturated rings. The van der Waals surface area contributed by atoms with Crippen LogP contribution in [0, 0.1) is 0 Å². The number of ether oxygens (including phenoxy) is 1. The Balaban J connectivity index is 2.07. The second-order valence-corrected chi connectivity index (χ2v) is 5.62. The van der Waals surface area contributed by atoms with E-state index >= 15 is 0 Å². The van der Waals surface area contributed by atoms with Crippen LogP contribution in [0.15, 0.2) is 11.6 Å². The van der Waals surface area contributed by atoms with Crippen LogP contribution < -0.4 is 0 Å². The number of rotatable bonds is 12. The predicted molar refractivity (Wildman–Crippen MR) is 79.2 cm³/mol. The van der Waals surface area contributed by atoms with Crippen LogP contribution in [0.3, 0.4) is 0 Å². The summed E-state index contributed by atoms with van der Waals surface area (Å²) in [5.41, 5.74) is -0.0321. The number of hydrogen-bond acceptors (Lipinski definition) is 3. The highest BCUT2D eigenvalue weighted by Crippen LogP contribution is 2.31. The van der Waals surface area contributed by atoms with Gasteiger partial charge in [0.2, 0.25) is 0 Å². The first-order chi connectivity index (χ1) is 10.0. The average molecular weight is 298 g/mol. The third-order valence-electron chi connectivity index (χ3n) is 3.79. The maximum absolute atomic E-state index is 10.8. The van der Waals surface area contributed by atoms with Gasteiger partial charge in [-0.3, -0.25) is 0 Å². The fourth-order valence-corrected chi connectivity index (χ4v) is 2.51. The summed E-state index contributed by atoms with van der Waals surface area (Å²) in [4.78, 5) is 21.3. The van der Waals surface area contributed by atoms with E-state index in [0.717, 1.165) is 25.3 Å². The summed E-state index contributed by atoms with van der Waals surface area (Å²) >= 11 is 0.